The van der Waals surface area contributed by atoms with Crippen LogP contribution in [0.1, 0.15) is 31.2 Å². The molecule has 2 N–H and O–H groups in total. The summed E-state index contributed by atoms with van der Waals surface area (Å²) in [5.41, 5.74) is 0.186. The highest BCUT2D eigenvalue weighted by Gasteiger charge is 2.42. The maximum Gasteiger partial charge on any atom is 0.191 e. The molecule has 5 heteroatoms. The number of guanidine groups is 1. The third-order valence-electron chi connectivity index (χ3n) is 3.25. The van der Waals surface area contributed by atoms with Gasteiger partial charge in [-0.2, -0.15) is 0 Å². The van der Waals surface area contributed by atoms with Gasteiger partial charge < -0.3 is 10.6 Å². The van der Waals surface area contributed by atoms with Crippen LogP contribution < -0.4 is 10.6 Å². The van der Waals surface area contributed by atoms with E-state index in [1.807, 2.05) is 0 Å². The number of nitrogens with one attached hydrogen (secondary N) is 2. The van der Waals surface area contributed by atoms with Gasteiger partial charge in [-0.05, 0) is 25.0 Å². The van der Waals surface area contributed by atoms with E-state index in [1.54, 1.807) is 7.05 Å². The Morgan fingerprint density at radius 3 is 2.63 bits per heavy atom. The lowest BCUT2D eigenvalue weighted by atomic mass is 10.1. The predicted molar refractivity (Wildman–Crippen MR) is 72.3 cm³/mol. The molecule has 1 aromatic rings. The molecule has 2 atom stereocenters. The van der Waals surface area contributed by atoms with E-state index in [4.69, 9.17) is 0 Å². The summed E-state index contributed by atoms with van der Waals surface area (Å²) in [4.78, 5) is 4.09. The summed E-state index contributed by atoms with van der Waals surface area (Å²) in [6.07, 6.45) is 1.72. The van der Waals surface area contributed by atoms with Gasteiger partial charge in [-0.1, -0.05) is 13.0 Å². The minimum Gasteiger partial charge on any atom is -0.356 e. The molecule has 104 valence electrons. The average Bonchev–Trinajstić information content (AvgIpc) is 3.13. The van der Waals surface area contributed by atoms with Crippen molar-refractivity contribution in [2.75, 3.05) is 13.6 Å². The highest BCUT2D eigenvalue weighted by atomic mass is 19.1. The largest absolute Gasteiger partial charge is 0.356 e. The van der Waals surface area contributed by atoms with Gasteiger partial charge in [0.05, 0.1) is 0 Å². The molecule has 1 fully saturated rings. The maximum atomic E-state index is 13.6. The first kappa shape index (κ1) is 13.8. The average molecular weight is 267 g/mol. The summed E-state index contributed by atoms with van der Waals surface area (Å²) < 4.78 is 27.2. The van der Waals surface area contributed by atoms with E-state index in [0.29, 0.717) is 5.96 Å². The Hall–Kier alpha value is -1.65. The number of hydrogen-bond acceptors (Lipinski definition) is 1. The molecule has 0 saturated heterocycles. The summed E-state index contributed by atoms with van der Waals surface area (Å²) in [5, 5.41) is 6.33. The Labute approximate surface area is 112 Å². The van der Waals surface area contributed by atoms with Crippen LogP contribution in [0.2, 0.25) is 0 Å². The van der Waals surface area contributed by atoms with Crippen LogP contribution in [0.15, 0.2) is 23.2 Å². The molecule has 1 aromatic carbocycles. The Balaban J connectivity index is 1.97. The predicted octanol–water partition coefficient (Wildman–Crippen LogP) is 2.40. The molecule has 0 aromatic heterocycles. The molecule has 0 amide bonds. The number of benzene rings is 1. The van der Waals surface area contributed by atoms with Crippen molar-refractivity contribution in [3.05, 3.63) is 35.4 Å². The molecule has 3 nitrogen and oxygen atoms in total. The molecular formula is C14H19F2N3. The molecule has 0 spiro atoms. The summed E-state index contributed by atoms with van der Waals surface area (Å²) in [7, 11) is 1.69. The van der Waals surface area contributed by atoms with Gasteiger partial charge >= 0.3 is 0 Å². The second-order valence-corrected chi connectivity index (χ2v) is 4.73. The van der Waals surface area contributed by atoms with Crippen LogP contribution in [0.4, 0.5) is 8.78 Å². The molecule has 0 bridgehead atoms. The van der Waals surface area contributed by atoms with Crippen molar-refractivity contribution in [1.82, 2.24) is 10.6 Å². The fourth-order valence-corrected chi connectivity index (χ4v) is 2.15. The van der Waals surface area contributed by atoms with Gasteiger partial charge in [0.1, 0.15) is 11.6 Å². The monoisotopic (exact) mass is 267 g/mol. The maximum absolute atomic E-state index is 13.6. The number of halogens is 2. The van der Waals surface area contributed by atoms with Crippen LogP contribution in [0.25, 0.3) is 0 Å². The lowest BCUT2D eigenvalue weighted by Crippen LogP contribution is -2.39. The molecule has 0 aliphatic heterocycles. The normalized spacial score (nSPS) is 22.2. The van der Waals surface area contributed by atoms with Crippen LogP contribution in [0, 0.1) is 11.6 Å². The SMILES string of the molecule is CCCNC(=NC)NC1CC1c1c(F)cccc1F. The number of nitrogens with zero attached hydrogens (tertiary/aromatic N) is 1. The Bertz CT molecular complexity index is 454. The summed E-state index contributed by atoms with van der Waals surface area (Å²) >= 11 is 0. The van der Waals surface area contributed by atoms with E-state index < -0.39 is 11.6 Å². The second-order valence-electron chi connectivity index (χ2n) is 4.73. The zero-order valence-electron chi connectivity index (χ0n) is 11.2. The van der Waals surface area contributed by atoms with Gasteiger partial charge in [0, 0.05) is 31.1 Å². The fraction of sp³-hybridized carbons (Fsp3) is 0.500. The molecule has 1 aliphatic rings. The lowest BCUT2D eigenvalue weighted by molar-refractivity contribution is 0.553. The first-order chi connectivity index (χ1) is 9.17. The number of hydrogen-bond donors (Lipinski definition) is 2. The van der Waals surface area contributed by atoms with Crippen molar-refractivity contribution in [2.24, 2.45) is 4.99 Å². The molecule has 0 radical (unpaired) electrons. The first-order valence-electron chi connectivity index (χ1n) is 6.58. The van der Waals surface area contributed by atoms with Gasteiger partial charge in [0.25, 0.3) is 0 Å². The summed E-state index contributed by atoms with van der Waals surface area (Å²) in [6.45, 7) is 2.89. The smallest absolute Gasteiger partial charge is 0.191 e. The van der Waals surface area contributed by atoms with Crippen LogP contribution in [-0.2, 0) is 0 Å². The van der Waals surface area contributed by atoms with Crippen LogP contribution in [-0.4, -0.2) is 25.6 Å². The van der Waals surface area contributed by atoms with Gasteiger partial charge in [-0.15, -0.1) is 0 Å². The Morgan fingerprint density at radius 2 is 2.05 bits per heavy atom. The molecule has 1 aliphatic carbocycles. The Kier molecular flexibility index (Phi) is 4.35. The fourth-order valence-electron chi connectivity index (χ4n) is 2.15. The standard InChI is InChI=1S/C14H19F2N3/c1-3-7-18-14(17-2)19-12-8-9(12)13-10(15)5-4-6-11(13)16/h4-6,9,12H,3,7-8H2,1-2H3,(H2,17,18,19). The van der Waals surface area contributed by atoms with E-state index >= 15 is 0 Å². The van der Waals surface area contributed by atoms with Gasteiger partial charge in [-0.3, -0.25) is 4.99 Å². The number of rotatable bonds is 4. The lowest BCUT2D eigenvalue weighted by Gasteiger charge is -2.11. The van der Waals surface area contributed by atoms with Gasteiger partial charge in [0.15, 0.2) is 5.96 Å². The highest BCUT2D eigenvalue weighted by Crippen LogP contribution is 2.42. The van der Waals surface area contributed by atoms with E-state index in [0.717, 1.165) is 19.4 Å². The third kappa shape index (κ3) is 3.22. The topological polar surface area (TPSA) is 36.4 Å². The second kappa shape index (κ2) is 5.99. The first-order valence-corrected chi connectivity index (χ1v) is 6.58. The van der Waals surface area contributed by atoms with E-state index in [1.165, 1.54) is 18.2 Å². The quantitative estimate of drug-likeness (QED) is 0.649. The van der Waals surface area contributed by atoms with Gasteiger partial charge in [-0.25, -0.2) is 8.78 Å². The van der Waals surface area contributed by atoms with Crippen molar-refractivity contribution < 1.29 is 8.78 Å². The molecular weight excluding hydrogens is 248 g/mol. The third-order valence-corrected chi connectivity index (χ3v) is 3.25. The van der Waals surface area contributed by atoms with Crippen molar-refractivity contribution >= 4 is 5.96 Å². The molecule has 2 rings (SSSR count). The summed E-state index contributed by atoms with van der Waals surface area (Å²) in [6, 6.07) is 4.05. The van der Waals surface area contributed by atoms with Crippen LogP contribution in [0.5, 0.6) is 0 Å². The van der Waals surface area contributed by atoms with Gasteiger partial charge in [0.2, 0.25) is 0 Å². The van der Waals surface area contributed by atoms with Crippen LogP contribution >= 0.6 is 0 Å². The van der Waals surface area contributed by atoms with Crippen molar-refractivity contribution in [2.45, 2.75) is 31.7 Å². The summed E-state index contributed by atoms with van der Waals surface area (Å²) in [5.74, 6) is -0.357. The van der Waals surface area contributed by atoms with E-state index in [-0.39, 0.29) is 17.5 Å². The van der Waals surface area contributed by atoms with E-state index in [9.17, 15) is 8.78 Å². The molecule has 2 unspecified atom stereocenters. The minimum absolute atomic E-state index is 0.0504. The van der Waals surface area contributed by atoms with Crippen molar-refractivity contribution in [3.63, 3.8) is 0 Å². The van der Waals surface area contributed by atoms with Crippen LogP contribution in [0.3, 0.4) is 0 Å². The zero-order valence-corrected chi connectivity index (χ0v) is 11.2. The van der Waals surface area contributed by atoms with Crippen molar-refractivity contribution in [1.29, 1.82) is 0 Å². The number of aliphatic imine (C=N–C) groups is 1. The molecule has 0 heterocycles. The van der Waals surface area contributed by atoms with E-state index in [2.05, 4.69) is 22.5 Å². The minimum atomic E-state index is -0.467. The van der Waals surface area contributed by atoms with Crippen molar-refractivity contribution in [3.8, 4) is 0 Å². The zero-order chi connectivity index (χ0) is 13.8. The molecule has 1 saturated carbocycles. The Morgan fingerprint density at radius 1 is 1.37 bits per heavy atom. The molecule has 19 heavy (non-hydrogen) atoms. The highest BCUT2D eigenvalue weighted by molar-refractivity contribution is 5.80.